The van der Waals surface area contributed by atoms with Crippen molar-refractivity contribution >= 4 is 46.0 Å². The Morgan fingerprint density at radius 3 is 2.12 bits per heavy atom. The van der Waals surface area contributed by atoms with Crippen LogP contribution in [0, 0.1) is 3.57 Å². The second kappa shape index (κ2) is 9.02. The zero-order valence-corrected chi connectivity index (χ0v) is 14.9. The van der Waals surface area contributed by atoms with Crippen LogP contribution in [0.3, 0.4) is 0 Å². The Morgan fingerprint density at radius 2 is 1.42 bits per heavy atom. The van der Waals surface area contributed by atoms with Gasteiger partial charge in [-0.2, -0.15) is 0 Å². The number of benzene rings is 2. The van der Waals surface area contributed by atoms with Crippen molar-refractivity contribution in [3.63, 3.8) is 0 Å². The topological polar surface area (TPSA) is 87.3 Å². The molecule has 0 saturated heterocycles. The lowest BCUT2D eigenvalue weighted by Gasteiger charge is -2.09. The standard InChI is InChI=1S/C17H16IN3O3/c18-14-9-5-4-8-13(14)17(24)21-20-16(23)11-10-15(22)19-12-6-2-1-3-7-12/h1-9H,10-11H2,(H,19,22)(H,20,23)(H,21,24). The highest BCUT2D eigenvalue weighted by molar-refractivity contribution is 14.1. The minimum atomic E-state index is -0.433. The largest absolute Gasteiger partial charge is 0.326 e. The Morgan fingerprint density at radius 1 is 0.792 bits per heavy atom. The first-order valence-corrected chi connectivity index (χ1v) is 8.33. The van der Waals surface area contributed by atoms with Crippen molar-refractivity contribution in [3.05, 3.63) is 63.7 Å². The molecule has 0 aliphatic rings. The van der Waals surface area contributed by atoms with Gasteiger partial charge < -0.3 is 5.32 Å². The summed E-state index contributed by atoms with van der Waals surface area (Å²) in [6.07, 6.45) is 0.00426. The minimum absolute atomic E-state index is 0.0230. The van der Waals surface area contributed by atoms with Crippen molar-refractivity contribution in [1.82, 2.24) is 10.9 Å². The van der Waals surface area contributed by atoms with E-state index in [1.807, 2.05) is 46.9 Å². The summed E-state index contributed by atoms with van der Waals surface area (Å²) in [5.41, 5.74) is 5.79. The predicted molar refractivity (Wildman–Crippen MR) is 99.1 cm³/mol. The van der Waals surface area contributed by atoms with Crippen molar-refractivity contribution in [1.29, 1.82) is 0 Å². The molecule has 3 amide bonds. The summed E-state index contributed by atoms with van der Waals surface area (Å²) >= 11 is 2.04. The van der Waals surface area contributed by atoms with Crippen molar-refractivity contribution in [3.8, 4) is 0 Å². The third-order valence-corrected chi connectivity index (χ3v) is 4.01. The molecule has 0 radical (unpaired) electrons. The monoisotopic (exact) mass is 437 g/mol. The second-order valence-corrected chi connectivity index (χ2v) is 6.06. The van der Waals surface area contributed by atoms with Crippen LogP contribution >= 0.6 is 22.6 Å². The lowest BCUT2D eigenvalue weighted by Crippen LogP contribution is -2.42. The maximum atomic E-state index is 11.9. The van der Waals surface area contributed by atoms with Gasteiger partial charge >= 0.3 is 0 Å². The molecule has 0 atom stereocenters. The average Bonchev–Trinajstić information content (AvgIpc) is 2.59. The quantitative estimate of drug-likeness (QED) is 0.496. The summed E-state index contributed by atoms with van der Waals surface area (Å²) in [6, 6.07) is 16.0. The van der Waals surface area contributed by atoms with Crippen LogP contribution in [0.1, 0.15) is 23.2 Å². The Hall–Kier alpha value is -2.42. The van der Waals surface area contributed by atoms with Gasteiger partial charge in [0.25, 0.3) is 5.91 Å². The van der Waals surface area contributed by atoms with Crippen LogP contribution < -0.4 is 16.2 Å². The molecule has 0 unspecified atom stereocenters. The Labute approximate surface area is 153 Å². The summed E-state index contributed by atoms with van der Waals surface area (Å²) in [6.45, 7) is 0. The van der Waals surface area contributed by atoms with Crippen molar-refractivity contribution < 1.29 is 14.4 Å². The molecule has 7 heteroatoms. The molecule has 6 nitrogen and oxygen atoms in total. The molecular formula is C17H16IN3O3. The van der Waals surface area contributed by atoms with Crippen LogP contribution in [0.2, 0.25) is 0 Å². The number of hydrogen-bond acceptors (Lipinski definition) is 3. The van der Waals surface area contributed by atoms with Crippen LogP contribution in [0.15, 0.2) is 54.6 Å². The highest BCUT2D eigenvalue weighted by Crippen LogP contribution is 2.10. The summed E-state index contributed by atoms with van der Waals surface area (Å²) in [7, 11) is 0. The van der Waals surface area contributed by atoms with Gasteiger partial charge in [0.05, 0.1) is 5.56 Å². The van der Waals surface area contributed by atoms with Crippen LogP contribution in [0.25, 0.3) is 0 Å². The molecule has 0 fully saturated rings. The molecule has 3 N–H and O–H groups in total. The first-order valence-electron chi connectivity index (χ1n) is 7.25. The van der Waals surface area contributed by atoms with E-state index < -0.39 is 11.8 Å². The SMILES string of the molecule is O=C(CCC(=O)Nc1ccccc1)NNC(=O)c1ccccc1I. The third kappa shape index (κ3) is 5.65. The molecule has 2 aromatic rings. The summed E-state index contributed by atoms with van der Waals surface area (Å²) in [5, 5.41) is 2.69. The molecule has 0 aromatic heterocycles. The maximum absolute atomic E-state index is 11.9. The molecule has 2 rings (SSSR count). The van der Waals surface area contributed by atoms with E-state index in [1.165, 1.54) is 0 Å². The highest BCUT2D eigenvalue weighted by Gasteiger charge is 2.11. The van der Waals surface area contributed by atoms with Gasteiger partial charge in [-0.3, -0.25) is 25.2 Å². The fraction of sp³-hybridized carbons (Fsp3) is 0.118. The van der Waals surface area contributed by atoms with Crippen LogP contribution in [-0.4, -0.2) is 17.7 Å². The number of amides is 3. The lowest BCUT2D eigenvalue weighted by molar-refractivity contribution is -0.124. The van der Waals surface area contributed by atoms with Gasteiger partial charge in [0.1, 0.15) is 0 Å². The summed E-state index contributed by atoms with van der Waals surface area (Å²) in [4.78, 5) is 35.4. The fourth-order valence-corrected chi connectivity index (χ4v) is 2.51. The average molecular weight is 437 g/mol. The normalized spacial score (nSPS) is 9.88. The number of hydrogen-bond donors (Lipinski definition) is 3. The van der Waals surface area contributed by atoms with Crippen LogP contribution in [-0.2, 0) is 9.59 Å². The highest BCUT2D eigenvalue weighted by atomic mass is 127. The summed E-state index contributed by atoms with van der Waals surface area (Å²) in [5.74, 6) is -1.10. The number of para-hydroxylation sites is 1. The van der Waals surface area contributed by atoms with E-state index in [-0.39, 0.29) is 18.7 Å². The molecule has 24 heavy (non-hydrogen) atoms. The number of nitrogens with one attached hydrogen (secondary N) is 3. The van der Waals surface area contributed by atoms with Crippen molar-refractivity contribution in [2.75, 3.05) is 5.32 Å². The van der Waals surface area contributed by atoms with E-state index in [4.69, 9.17) is 0 Å². The minimum Gasteiger partial charge on any atom is -0.326 e. The number of carbonyl (C=O) groups excluding carboxylic acids is 3. The lowest BCUT2D eigenvalue weighted by atomic mass is 10.2. The zero-order valence-electron chi connectivity index (χ0n) is 12.7. The number of anilines is 1. The molecule has 0 heterocycles. The molecule has 0 bridgehead atoms. The molecule has 0 saturated carbocycles. The molecule has 124 valence electrons. The predicted octanol–water partition coefficient (Wildman–Crippen LogP) is 2.47. The van der Waals surface area contributed by atoms with Crippen molar-refractivity contribution in [2.45, 2.75) is 12.8 Å². The van der Waals surface area contributed by atoms with Crippen LogP contribution in [0.4, 0.5) is 5.69 Å². The van der Waals surface area contributed by atoms with E-state index in [1.54, 1.807) is 30.3 Å². The molecular weight excluding hydrogens is 421 g/mol. The van der Waals surface area contributed by atoms with Crippen LogP contribution in [0.5, 0.6) is 0 Å². The Balaban J connectivity index is 1.72. The van der Waals surface area contributed by atoms with Crippen molar-refractivity contribution in [2.24, 2.45) is 0 Å². The maximum Gasteiger partial charge on any atom is 0.270 e. The molecule has 2 aromatic carbocycles. The van der Waals surface area contributed by atoms with Gasteiger partial charge in [0, 0.05) is 22.1 Å². The van der Waals surface area contributed by atoms with E-state index in [0.29, 0.717) is 11.3 Å². The van der Waals surface area contributed by atoms with E-state index in [2.05, 4.69) is 16.2 Å². The zero-order chi connectivity index (χ0) is 17.4. The molecule has 0 aliphatic carbocycles. The van der Waals surface area contributed by atoms with E-state index >= 15 is 0 Å². The molecule has 0 aliphatic heterocycles. The summed E-state index contributed by atoms with van der Waals surface area (Å²) < 4.78 is 0.782. The van der Waals surface area contributed by atoms with Gasteiger partial charge in [-0.05, 0) is 46.9 Å². The van der Waals surface area contributed by atoms with Gasteiger partial charge in [0.15, 0.2) is 0 Å². The fourth-order valence-electron chi connectivity index (χ4n) is 1.87. The Bertz CT molecular complexity index is 735. The number of rotatable bonds is 5. The van der Waals surface area contributed by atoms with E-state index in [0.717, 1.165) is 3.57 Å². The molecule has 0 spiro atoms. The van der Waals surface area contributed by atoms with Gasteiger partial charge in [-0.25, -0.2) is 0 Å². The smallest absolute Gasteiger partial charge is 0.270 e. The first kappa shape index (κ1) is 17.9. The van der Waals surface area contributed by atoms with Gasteiger partial charge in [-0.15, -0.1) is 0 Å². The second-order valence-electron chi connectivity index (χ2n) is 4.90. The number of hydrazine groups is 1. The van der Waals surface area contributed by atoms with E-state index in [9.17, 15) is 14.4 Å². The number of halogens is 1. The Kier molecular flexibility index (Phi) is 6.74. The third-order valence-electron chi connectivity index (χ3n) is 3.07. The number of carbonyl (C=O) groups is 3. The van der Waals surface area contributed by atoms with Gasteiger partial charge in [-0.1, -0.05) is 30.3 Å². The first-order chi connectivity index (χ1) is 11.6. The van der Waals surface area contributed by atoms with Gasteiger partial charge in [0.2, 0.25) is 11.8 Å².